The maximum absolute atomic E-state index is 11.9. The number of thiophene rings is 1. The third-order valence-corrected chi connectivity index (χ3v) is 4.15. The van der Waals surface area contributed by atoms with Crippen LogP contribution >= 0.6 is 11.3 Å². The number of rotatable bonds is 6. The van der Waals surface area contributed by atoms with Gasteiger partial charge in [-0.3, -0.25) is 9.59 Å². The highest BCUT2D eigenvalue weighted by Crippen LogP contribution is 2.15. The standard InChI is InChI=1S/C16H17NO3S/c1-11-7-8-14(21-11)15(18)17-10-13(16(19)20)9-12-5-3-2-4-6-12/h2-8,13H,9-10H2,1H3,(H,17,18)(H,19,20). The molecule has 2 N–H and O–H groups in total. The number of aliphatic carboxylic acids is 1. The first-order valence-electron chi connectivity index (χ1n) is 6.67. The topological polar surface area (TPSA) is 66.4 Å². The van der Waals surface area contributed by atoms with E-state index in [1.165, 1.54) is 11.3 Å². The molecule has 0 aliphatic rings. The highest BCUT2D eigenvalue weighted by atomic mass is 32.1. The molecule has 1 aromatic carbocycles. The highest BCUT2D eigenvalue weighted by Gasteiger charge is 2.19. The summed E-state index contributed by atoms with van der Waals surface area (Å²) >= 11 is 1.40. The van der Waals surface area contributed by atoms with E-state index in [0.717, 1.165) is 10.4 Å². The molecule has 0 aliphatic heterocycles. The van der Waals surface area contributed by atoms with Crippen LogP contribution in [0.25, 0.3) is 0 Å². The molecule has 21 heavy (non-hydrogen) atoms. The van der Waals surface area contributed by atoms with E-state index < -0.39 is 11.9 Å². The van der Waals surface area contributed by atoms with E-state index in [2.05, 4.69) is 5.32 Å². The fourth-order valence-corrected chi connectivity index (χ4v) is 2.79. The first kappa shape index (κ1) is 15.3. The predicted octanol–water partition coefficient (Wildman–Crippen LogP) is 2.73. The van der Waals surface area contributed by atoms with Gasteiger partial charge >= 0.3 is 5.97 Å². The first-order chi connectivity index (χ1) is 10.1. The minimum Gasteiger partial charge on any atom is -0.481 e. The first-order valence-corrected chi connectivity index (χ1v) is 7.49. The van der Waals surface area contributed by atoms with Gasteiger partial charge in [0.1, 0.15) is 0 Å². The van der Waals surface area contributed by atoms with Crippen LogP contribution in [0, 0.1) is 12.8 Å². The monoisotopic (exact) mass is 303 g/mol. The fourth-order valence-electron chi connectivity index (χ4n) is 2.00. The molecule has 0 radical (unpaired) electrons. The Balaban J connectivity index is 1.94. The molecule has 0 aliphatic carbocycles. The summed E-state index contributed by atoms with van der Waals surface area (Å²) in [5.74, 6) is -1.74. The summed E-state index contributed by atoms with van der Waals surface area (Å²) < 4.78 is 0. The molecular formula is C16H17NO3S. The number of hydrogen-bond donors (Lipinski definition) is 2. The summed E-state index contributed by atoms with van der Waals surface area (Å²) in [4.78, 5) is 24.9. The van der Waals surface area contributed by atoms with Crippen LogP contribution in [0.15, 0.2) is 42.5 Å². The summed E-state index contributed by atoms with van der Waals surface area (Å²) in [5, 5.41) is 12.0. The number of benzene rings is 1. The Kier molecular flexibility index (Phi) is 5.11. The molecule has 110 valence electrons. The molecule has 4 nitrogen and oxygen atoms in total. The van der Waals surface area contributed by atoms with Crippen molar-refractivity contribution in [3.63, 3.8) is 0 Å². The average Bonchev–Trinajstić information content (AvgIpc) is 2.90. The molecule has 1 amide bonds. The number of carbonyl (C=O) groups is 2. The number of aryl methyl sites for hydroxylation is 1. The maximum Gasteiger partial charge on any atom is 0.308 e. The molecule has 0 fully saturated rings. The predicted molar refractivity (Wildman–Crippen MR) is 82.7 cm³/mol. The van der Waals surface area contributed by atoms with E-state index in [-0.39, 0.29) is 12.5 Å². The molecular weight excluding hydrogens is 286 g/mol. The lowest BCUT2D eigenvalue weighted by atomic mass is 9.99. The van der Waals surface area contributed by atoms with Gasteiger partial charge in [-0.05, 0) is 31.0 Å². The Morgan fingerprint density at radius 3 is 2.48 bits per heavy atom. The van der Waals surface area contributed by atoms with Crippen LogP contribution in [0.1, 0.15) is 20.1 Å². The molecule has 1 atom stereocenters. The third kappa shape index (κ3) is 4.43. The molecule has 2 aromatic rings. The second-order valence-electron chi connectivity index (χ2n) is 4.85. The molecule has 0 spiro atoms. The van der Waals surface area contributed by atoms with Gasteiger partial charge in [0, 0.05) is 11.4 Å². The van der Waals surface area contributed by atoms with E-state index in [1.54, 1.807) is 6.07 Å². The van der Waals surface area contributed by atoms with E-state index in [1.807, 2.05) is 43.3 Å². The Labute approximate surface area is 127 Å². The zero-order valence-corrected chi connectivity index (χ0v) is 12.5. The van der Waals surface area contributed by atoms with Gasteiger partial charge in [-0.1, -0.05) is 30.3 Å². The average molecular weight is 303 g/mol. The quantitative estimate of drug-likeness (QED) is 0.862. The van der Waals surface area contributed by atoms with E-state index in [0.29, 0.717) is 11.3 Å². The van der Waals surface area contributed by atoms with E-state index in [9.17, 15) is 14.7 Å². The lowest BCUT2D eigenvalue weighted by Gasteiger charge is -2.13. The Bertz CT molecular complexity index is 621. The van der Waals surface area contributed by atoms with Gasteiger partial charge in [0.15, 0.2) is 0 Å². The lowest BCUT2D eigenvalue weighted by Crippen LogP contribution is -2.33. The number of amides is 1. The largest absolute Gasteiger partial charge is 0.481 e. The Morgan fingerprint density at radius 2 is 1.90 bits per heavy atom. The highest BCUT2D eigenvalue weighted by molar-refractivity contribution is 7.13. The third-order valence-electron chi connectivity index (χ3n) is 3.15. The van der Waals surface area contributed by atoms with Gasteiger partial charge in [0.25, 0.3) is 5.91 Å². The lowest BCUT2D eigenvalue weighted by molar-refractivity contribution is -0.141. The number of carbonyl (C=O) groups excluding carboxylic acids is 1. The summed E-state index contributed by atoms with van der Waals surface area (Å²) in [6, 6.07) is 13.0. The van der Waals surface area contributed by atoms with Crippen LogP contribution in [0.2, 0.25) is 0 Å². The van der Waals surface area contributed by atoms with Crippen molar-refractivity contribution in [2.24, 2.45) is 5.92 Å². The van der Waals surface area contributed by atoms with Gasteiger partial charge < -0.3 is 10.4 Å². The number of nitrogens with one attached hydrogen (secondary N) is 1. The summed E-state index contributed by atoms with van der Waals surface area (Å²) in [7, 11) is 0. The van der Waals surface area contributed by atoms with Crippen molar-refractivity contribution in [2.75, 3.05) is 6.54 Å². The summed E-state index contributed by atoms with van der Waals surface area (Å²) in [5.41, 5.74) is 0.950. The van der Waals surface area contributed by atoms with Crippen molar-refractivity contribution in [2.45, 2.75) is 13.3 Å². The van der Waals surface area contributed by atoms with Crippen LogP contribution in [0.5, 0.6) is 0 Å². The molecule has 0 saturated carbocycles. The second-order valence-corrected chi connectivity index (χ2v) is 6.13. The number of carboxylic acid groups (broad SMARTS) is 1. The van der Waals surface area contributed by atoms with Crippen molar-refractivity contribution < 1.29 is 14.7 Å². The molecule has 1 aromatic heterocycles. The summed E-state index contributed by atoms with van der Waals surface area (Å²) in [6.45, 7) is 2.05. The Morgan fingerprint density at radius 1 is 1.19 bits per heavy atom. The minimum absolute atomic E-state index is 0.125. The molecule has 1 heterocycles. The smallest absolute Gasteiger partial charge is 0.308 e. The molecule has 0 saturated heterocycles. The van der Waals surface area contributed by atoms with Crippen LogP contribution in [-0.4, -0.2) is 23.5 Å². The molecule has 2 rings (SSSR count). The number of hydrogen-bond acceptors (Lipinski definition) is 3. The van der Waals surface area contributed by atoms with Crippen LogP contribution in [0.3, 0.4) is 0 Å². The van der Waals surface area contributed by atoms with Gasteiger partial charge in [-0.25, -0.2) is 0 Å². The SMILES string of the molecule is Cc1ccc(C(=O)NCC(Cc2ccccc2)C(=O)O)s1. The van der Waals surface area contributed by atoms with Crippen molar-refractivity contribution >= 4 is 23.2 Å². The fraction of sp³-hybridized carbons (Fsp3) is 0.250. The Hall–Kier alpha value is -2.14. The van der Waals surface area contributed by atoms with Gasteiger partial charge in [-0.2, -0.15) is 0 Å². The normalized spacial score (nSPS) is 11.9. The molecule has 5 heteroatoms. The van der Waals surface area contributed by atoms with E-state index in [4.69, 9.17) is 0 Å². The van der Waals surface area contributed by atoms with Gasteiger partial charge in [0.05, 0.1) is 10.8 Å². The molecule has 0 bridgehead atoms. The van der Waals surface area contributed by atoms with Crippen molar-refractivity contribution in [1.82, 2.24) is 5.32 Å². The van der Waals surface area contributed by atoms with Crippen LogP contribution < -0.4 is 5.32 Å². The minimum atomic E-state index is -0.901. The maximum atomic E-state index is 11.9. The van der Waals surface area contributed by atoms with E-state index >= 15 is 0 Å². The number of carboxylic acids is 1. The van der Waals surface area contributed by atoms with Crippen LogP contribution in [-0.2, 0) is 11.2 Å². The van der Waals surface area contributed by atoms with Crippen molar-refractivity contribution in [3.05, 3.63) is 57.8 Å². The van der Waals surface area contributed by atoms with Crippen molar-refractivity contribution in [3.8, 4) is 0 Å². The van der Waals surface area contributed by atoms with Gasteiger partial charge in [-0.15, -0.1) is 11.3 Å². The molecule has 1 unspecified atom stereocenters. The summed E-state index contributed by atoms with van der Waals surface area (Å²) in [6.07, 6.45) is 0.403. The van der Waals surface area contributed by atoms with Gasteiger partial charge in [0.2, 0.25) is 0 Å². The van der Waals surface area contributed by atoms with Crippen LogP contribution in [0.4, 0.5) is 0 Å². The zero-order chi connectivity index (χ0) is 15.2. The zero-order valence-electron chi connectivity index (χ0n) is 11.7. The van der Waals surface area contributed by atoms with Crippen molar-refractivity contribution in [1.29, 1.82) is 0 Å². The second kappa shape index (κ2) is 7.04.